The number of nitrogens with zero attached hydrogens (tertiary/aromatic N) is 2. The summed E-state index contributed by atoms with van der Waals surface area (Å²) >= 11 is 0. The van der Waals surface area contributed by atoms with Crippen LogP contribution in [0.2, 0.25) is 0 Å². The molecule has 2 N–H and O–H groups in total. The quantitative estimate of drug-likeness (QED) is 0.648. The topological polar surface area (TPSA) is 79.5 Å². The number of halogens is 1. The number of hydrogen-bond acceptors (Lipinski definition) is 5. The maximum atomic E-state index is 13.2. The van der Waals surface area contributed by atoms with Gasteiger partial charge >= 0.3 is 0 Å². The lowest BCUT2D eigenvalue weighted by Crippen LogP contribution is -2.33. The number of aromatic amines is 1. The summed E-state index contributed by atoms with van der Waals surface area (Å²) in [6.45, 7) is 7.56. The van der Waals surface area contributed by atoms with Crippen molar-refractivity contribution in [2.45, 2.75) is 46.2 Å². The van der Waals surface area contributed by atoms with E-state index >= 15 is 0 Å². The molecule has 160 valence electrons. The van der Waals surface area contributed by atoms with Gasteiger partial charge in [-0.15, -0.1) is 12.4 Å². The first kappa shape index (κ1) is 23.0. The van der Waals surface area contributed by atoms with E-state index in [1.54, 1.807) is 7.11 Å². The maximum absolute atomic E-state index is 13.2. The minimum Gasteiger partial charge on any atom is -0.493 e. The summed E-state index contributed by atoms with van der Waals surface area (Å²) in [5.74, 6) is 1.39. The van der Waals surface area contributed by atoms with Crippen molar-refractivity contribution in [3.63, 3.8) is 0 Å². The highest BCUT2D eigenvalue weighted by atomic mass is 35.5. The second-order valence-corrected chi connectivity index (χ2v) is 7.02. The maximum Gasteiger partial charge on any atom is 0.274 e. The van der Waals surface area contributed by atoms with Gasteiger partial charge in [-0.2, -0.15) is 5.10 Å². The van der Waals surface area contributed by atoms with Crippen molar-refractivity contribution in [1.29, 1.82) is 0 Å². The van der Waals surface area contributed by atoms with Gasteiger partial charge in [-0.1, -0.05) is 19.9 Å². The van der Waals surface area contributed by atoms with Crippen LogP contribution in [0, 0.1) is 0 Å². The summed E-state index contributed by atoms with van der Waals surface area (Å²) in [6.07, 6.45) is 2.69. The van der Waals surface area contributed by atoms with Gasteiger partial charge in [-0.05, 0) is 30.5 Å². The lowest BCUT2D eigenvalue weighted by atomic mass is 10.1. The SMILES string of the molecule is CCCOc1ccc(CN(CCC)C(=O)c2n[nH]c3c2CNCC3)cc1OC.Cl. The number of methoxy groups -OCH3 is 1. The van der Waals surface area contributed by atoms with Crippen LogP contribution in [0.25, 0.3) is 0 Å². The largest absolute Gasteiger partial charge is 0.493 e. The Morgan fingerprint density at radius 2 is 2.07 bits per heavy atom. The summed E-state index contributed by atoms with van der Waals surface area (Å²) in [7, 11) is 1.63. The molecule has 1 aromatic heterocycles. The molecule has 0 radical (unpaired) electrons. The van der Waals surface area contributed by atoms with Crippen molar-refractivity contribution in [2.24, 2.45) is 0 Å². The zero-order chi connectivity index (χ0) is 19.9. The van der Waals surface area contributed by atoms with Crippen molar-refractivity contribution in [3.8, 4) is 11.5 Å². The number of ether oxygens (including phenoxy) is 2. The van der Waals surface area contributed by atoms with E-state index in [4.69, 9.17) is 9.47 Å². The molecular weight excluding hydrogens is 392 g/mol. The van der Waals surface area contributed by atoms with E-state index in [0.29, 0.717) is 37.7 Å². The smallest absolute Gasteiger partial charge is 0.274 e. The Bertz CT molecular complexity index is 809. The fraction of sp³-hybridized carbons (Fsp3) is 0.524. The lowest BCUT2D eigenvalue weighted by Gasteiger charge is -2.23. The lowest BCUT2D eigenvalue weighted by molar-refractivity contribution is 0.0735. The standard InChI is InChI=1S/C21H30N4O3.ClH/c1-4-10-25(21(26)20-16-13-22-9-8-17(16)23-24-20)14-15-6-7-18(28-11-5-2)19(12-15)27-3;/h6-7,12,22H,4-5,8-11,13-14H2,1-3H3,(H,23,24);1H. The van der Waals surface area contributed by atoms with Gasteiger partial charge in [0.15, 0.2) is 17.2 Å². The first-order chi connectivity index (χ1) is 13.7. The minimum atomic E-state index is -0.0340. The average Bonchev–Trinajstić information content (AvgIpc) is 3.16. The van der Waals surface area contributed by atoms with Crippen LogP contribution in [-0.4, -0.2) is 47.8 Å². The molecule has 1 aromatic carbocycles. The van der Waals surface area contributed by atoms with E-state index in [2.05, 4.69) is 29.4 Å². The Labute approximate surface area is 178 Å². The number of rotatable bonds is 9. The fourth-order valence-corrected chi connectivity index (χ4v) is 3.44. The van der Waals surface area contributed by atoms with Crippen molar-refractivity contribution < 1.29 is 14.3 Å². The Morgan fingerprint density at radius 3 is 2.79 bits per heavy atom. The van der Waals surface area contributed by atoms with Crippen LogP contribution in [0.5, 0.6) is 11.5 Å². The predicted molar refractivity (Wildman–Crippen MR) is 115 cm³/mol. The third-order valence-electron chi connectivity index (χ3n) is 4.85. The summed E-state index contributed by atoms with van der Waals surface area (Å²) in [5, 5.41) is 10.7. The van der Waals surface area contributed by atoms with Crippen LogP contribution in [0.3, 0.4) is 0 Å². The number of carbonyl (C=O) groups excluding carboxylic acids is 1. The molecule has 0 saturated carbocycles. The molecule has 0 bridgehead atoms. The van der Waals surface area contributed by atoms with Crippen LogP contribution in [0.15, 0.2) is 18.2 Å². The summed E-state index contributed by atoms with van der Waals surface area (Å²) in [5.41, 5.74) is 3.60. The highest BCUT2D eigenvalue weighted by molar-refractivity contribution is 5.94. The zero-order valence-corrected chi connectivity index (χ0v) is 18.2. The van der Waals surface area contributed by atoms with Gasteiger partial charge in [0.25, 0.3) is 5.91 Å². The van der Waals surface area contributed by atoms with Crippen molar-refractivity contribution in [3.05, 3.63) is 40.7 Å². The molecule has 1 aliphatic rings. The molecule has 1 aliphatic heterocycles. The van der Waals surface area contributed by atoms with Gasteiger partial charge in [-0.3, -0.25) is 9.89 Å². The van der Waals surface area contributed by atoms with Crippen LogP contribution < -0.4 is 14.8 Å². The molecule has 0 saturated heterocycles. The number of fused-ring (bicyclic) bond motifs is 1. The van der Waals surface area contributed by atoms with Gasteiger partial charge in [0, 0.05) is 43.9 Å². The van der Waals surface area contributed by atoms with Crippen LogP contribution in [-0.2, 0) is 19.5 Å². The molecule has 2 aromatic rings. The number of aromatic nitrogens is 2. The number of benzene rings is 1. The van der Waals surface area contributed by atoms with Gasteiger partial charge in [-0.25, -0.2) is 0 Å². The molecule has 0 spiro atoms. The number of carbonyl (C=O) groups is 1. The van der Waals surface area contributed by atoms with E-state index in [9.17, 15) is 4.79 Å². The summed E-state index contributed by atoms with van der Waals surface area (Å²) in [6, 6.07) is 5.85. The number of nitrogens with one attached hydrogen (secondary N) is 2. The Balaban J connectivity index is 0.00000300. The van der Waals surface area contributed by atoms with E-state index in [0.717, 1.165) is 48.4 Å². The van der Waals surface area contributed by atoms with Gasteiger partial charge in [0.1, 0.15) is 0 Å². The fourth-order valence-electron chi connectivity index (χ4n) is 3.44. The van der Waals surface area contributed by atoms with Crippen molar-refractivity contribution in [1.82, 2.24) is 20.4 Å². The van der Waals surface area contributed by atoms with E-state index < -0.39 is 0 Å². The van der Waals surface area contributed by atoms with E-state index in [1.165, 1.54) is 0 Å². The first-order valence-corrected chi connectivity index (χ1v) is 10.0. The van der Waals surface area contributed by atoms with Gasteiger partial charge in [0.05, 0.1) is 13.7 Å². The second kappa shape index (κ2) is 11.1. The monoisotopic (exact) mass is 422 g/mol. The molecule has 0 fully saturated rings. The second-order valence-electron chi connectivity index (χ2n) is 7.02. The molecule has 8 heteroatoms. The highest BCUT2D eigenvalue weighted by Gasteiger charge is 2.25. The minimum absolute atomic E-state index is 0. The average molecular weight is 423 g/mol. The molecule has 0 unspecified atom stereocenters. The molecule has 0 aliphatic carbocycles. The molecular formula is C21H31ClN4O3. The van der Waals surface area contributed by atoms with E-state index in [1.807, 2.05) is 23.1 Å². The van der Waals surface area contributed by atoms with Gasteiger partial charge in [0.2, 0.25) is 0 Å². The molecule has 29 heavy (non-hydrogen) atoms. The molecule has 3 rings (SSSR count). The Kier molecular flexibility index (Phi) is 8.79. The highest BCUT2D eigenvalue weighted by Crippen LogP contribution is 2.29. The number of amides is 1. The number of H-pyrrole nitrogens is 1. The normalized spacial score (nSPS) is 12.7. The molecule has 7 nitrogen and oxygen atoms in total. The first-order valence-electron chi connectivity index (χ1n) is 10.0. The number of hydrogen-bond donors (Lipinski definition) is 2. The summed E-state index contributed by atoms with van der Waals surface area (Å²) < 4.78 is 11.2. The Morgan fingerprint density at radius 1 is 1.24 bits per heavy atom. The van der Waals surface area contributed by atoms with Crippen molar-refractivity contribution >= 4 is 18.3 Å². The molecule has 2 heterocycles. The third-order valence-corrected chi connectivity index (χ3v) is 4.85. The van der Waals surface area contributed by atoms with E-state index in [-0.39, 0.29) is 18.3 Å². The Hall–Kier alpha value is -2.25. The van der Waals surface area contributed by atoms with Crippen LogP contribution in [0.1, 0.15) is 54.0 Å². The van der Waals surface area contributed by atoms with Crippen LogP contribution >= 0.6 is 12.4 Å². The predicted octanol–water partition coefficient (Wildman–Crippen LogP) is 3.33. The molecule has 1 amide bonds. The summed E-state index contributed by atoms with van der Waals surface area (Å²) in [4.78, 5) is 15.0. The third kappa shape index (κ3) is 5.42. The van der Waals surface area contributed by atoms with Gasteiger partial charge < -0.3 is 19.7 Å². The van der Waals surface area contributed by atoms with Crippen LogP contribution in [0.4, 0.5) is 0 Å². The molecule has 0 atom stereocenters. The zero-order valence-electron chi connectivity index (χ0n) is 17.4. The van der Waals surface area contributed by atoms with Crippen molar-refractivity contribution in [2.75, 3.05) is 26.8 Å².